The molecule has 18 heavy (non-hydrogen) atoms. The van der Waals surface area contributed by atoms with E-state index < -0.39 is 0 Å². The molecule has 1 fully saturated rings. The van der Waals surface area contributed by atoms with Gasteiger partial charge in [-0.25, -0.2) is 0 Å². The Bertz CT molecular complexity index is 352. The minimum absolute atomic E-state index is 0.400. The van der Waals surface area contributed by atoms with Gasteiger partial charge in [-0.05, 0) is 46.2 Å². The highest BCUT2D eigenvalue weighted by molar-refractivity contribution is 5.21. The first-order valence-corrected chi connectivity index (χ1v) is 6.83. The standard InChI is InChI=1S/C15H25N3/c1-16-15(13-8-5-4-6-9-13)14-12-17(2)10-7-11-18(14)3/h4-6,8-9,14-16H,7,10-12H2,1-3H3. The largest absolute Gasteiger partial charge is 0.312 e. The van der Waals surface area contributed by atoms with E-state index in [9.17, 15) is 0 Å². The Kier molecular flexibility index (Phi) is 4.75. The summed E-state index contributed by atoms with van der Waals surface area (Å²) in [7, 11) is 6.54. The van der Waals surface area contributed by atoms with Crippen molar-refractivity contribution in [2.45, 2.75) is 18.5 Å². The first kappa shape index (κ1) is 13.5. The zero-order valence-corrected chi connectivity index (χ0v) is 11.8. The predicted octanol–water partition coefficient (Wildman–Crippen LogP) is 1.58. The molecule has 1 N–H and O–H groups in total. The van der Waals surface area contributed by atoms with Gasteiger partial charge in [0.2, 0.25) is 0 Å². The normalized spacial score (nSPS) is 24.7. The van der Waals surface area contributed by atoms with Gasteiger partial charge in [-0.3, -0.25) is 0 Å². The fourth-order valence-corrected chi connectivity index (χ4v) is 2.91. The molecule has 0 amide bonds. The molecule has 0 saturated carbocycles. The quantitative estimate of drug-likeness (QED) is 0.875. The third-order valence-corrected chi connectivity index (χ3v) is 3.97. The summed E-state index contributed by atoms with van der Waals surface area (Å²) in [5, 5.41) is 3.50. The Labute approximate surface area is 111 Å². The number of hydrogen-bond acceptors (Lipinski definition) is 3. The fraction of sp³-hybridized carbons (Fsp3) is 0.600. The second-order valence-electron chi connectivity index (χ2n) is 5.34. The van der Waals surface area contributed by atoms with E-state index in [1.807, 2.05) is 0 Å². The van der Waals surface area contributed by atoms with Crippen LogP contribution in [0, 0.1) is 0 Å². The molecule has 0 aromatic heterocycles. The van der Waals surface area contributed by atoms with Crippen molar-refractivity contribution >= 4 is 0 Å². The van der Waals surface area contributed by atoms with Crippen molar-refractivity contribution in [1.29, 1.82) is 0 Å². The Morgan fingerprint density at radius 3 is 2.56 bits per heavy atom. The monoisotopic (exact) mass is 247 g/mol. The molecule has 0 radical (unpaired) electrons. The number of nitrogens with one attached hydrogen (secondary N) is 1. The second kappa shape index (κ2) is 6.32. The molecule has 2 atom stereocenters. The van der Waals surface area contributed by atoms with E-state index in [1.54, 1.807) is 0 Å². The summed E-state index contributed by atoms with van der Waals surface area (Å²) < 4.78 is 0. The maximum Gasteiger partial charge on any atom is 0.0488 e. The summed E-state index contributed by atoms with van der Waals surface area (Å²) in [5.41, 5.74) is 1.38. The van der Waals surface area contributed by atoms with Crippen LogP contribution in [-0.2, 0) is 0 Å². The lowest BCUT2D eigenvalue weighted by Gasteiger charge is -2.34. The molecule has 2 rings (SSSR count). The van der Waals surface area contributed by atoms with E-state index in [0.29, 0.717) is 12.1 Å². The van der Waals surface area contributed by atoms with Crippen LogP contribution in [0.1, 0.15) is 18.0 Å². The van der Waals surface area contributed by atoms with E-state index in [2.05, 4.69) is 66.6 Å². The summed E-state index contributed by atoms with van der Waals surface area (Å²) in [4.78, 5) is 4.94. The first-order valence-electron chi connectivity index (χ1n) is 6.83. The van der Waals surface area contributed by atoms with Crippen LogP contribution < -0.4 is 5.32 Å². The van der Waals surface area contributed by atoms with Crippen molar-refractivity contribution in [2.24, 2.45) is 0 Å². The first-order chi connectivity index (χ1) is 8.72. The fourth-order valence-electron chi connectivity index (χ4n) is 2.91. The van der Waals surface area contributed by atoms with Crippen molar-refractivity contribution in [3.05, 3.63) is 35.9 Å². The van der Waals surface area contributed by atoms with E-state index in [0.717, 1.165) is 6.54 Å². The molecule has 0 spiro atoms. The van der Waals surface area contributed by atoms with Crippen LogP contribution in [0.4, 0.5) is 0 Å². The zero-order valence-electron chi connectivity index (χ0n) is 11.8. The molecule has 1 aromatic rings. The SMILES string of the molecule is CNC(c1ccccc1)C1CN(C)CCCN1C. The summed E-state index contributed by atoms with van der Waals surface area (Å²) in [6.45, 7) is 3.50. The van der Waals surface area contributed by atoms with Crippen LogP contribution in [0.3, 0.4) is 0 Å². The zero-order chi connectivity index (χ0) is 13.0. The molecule has 1 aromatic carbocycles. The maximum atomic E-state index is 3.50. The van der Waals surface area contributed by atoms with E-state index in [-0.39, 0.29) is 0 Å². The number of rotatable bonds is 3. The lowest BCUT2D eigenvalue weighted by molar-refractivity contribution is 0.182. The van der Waals surface area contributed by atoms with Crippen molar-refractivity contribution in [3.63, 3.8) is 0 Å². The average Bonchev–Trinajstić information content (AvgIpc) is 2.54. The van der Waals surface area contributed by atoms with Gasteiger partial charge < -0.3 is 15.1 Å². The molecule has 1 aliphatic heterocycles. The molecule has 1 heterocycles. The van der Waals surface area contributed by atoms with Crippen LogP contribution in [0.2, 0.25) is 0 Å². The second-order valence-corrected chi connectivity index (χ2v) is 5.34. The highest BCUT2D eigenvalue weighted by Crippen LogP contribution is 2.22. The molecule has 1 aliphatic rings. The molecule has 1 saturated heterocycles. The van der Waals surface area contributed by atoms with Crippen LogP contribution in [0.15, 0.2) is 30.3 Å². The topological polar surface area (TPSA) is 18.5 Å². The highest BCUT2D eigenvalue weighted by atomic mass is 15.2. The predicted molar refractivity (Wildman–Crippen MR) is 76.8 cm³/mol. The molecule has 3 nitrogen and oxygen atoms in total. The summed E-state index contributed by atoms with van der Waals surface area (Å²) in [6.07, 6.45) is 1.26. The number of benzene rings is 1. The Hall–Kier alpha value is -0.900. The van der Waals surface area contributed by atoms with Gasteiger partial charge >= 0.3 is 0 Å². The van der Waals surface area contributed by atoms with Crippen molar-refractivity contribution in [1.82, 2.24) is 15.1 Å². The van der Waals surface area contributed by atoms with E-state index >= 15 is 0 Å². The van der Waals surface area contributed by atoms with Gasteiger partial charge in [-0.2, -0.15) is 0 Å². The average molecular weight is 247 g/mol. The minimum atomic E-state index is 0.400. The summed E-state index contributed by atoms with van der Waals surface area (Å²) in [6, 6.07) is 11.7. The van der Waals surface area contributed by atoms with Gasteiger partial charge in [-0.1, -0.05) is 30.3 Å². The highest BCUT2D eigenvalue weighted by Gasteiger charge is 2.28. The Balaban J connectivity index is 2.19. The van der Waals surface area contributed by atoms with Gasteiger partial charge in [0.1, 0.15) is 0 Å². The maximum absolute atomic E-state index is 3.50. The molecular formula is C15H25N3. The van der Waals surface area contributed by atoms with E-state index in [4.69, 9.17) is 0 Å². The van der Waals surface area contributed by atoms with Gasteiger partial charge in [0.25, 0.3) is 0 Å². The van der Waals surface area contributed by atoms with Gasteiger partial charge in [-0.15, -0.1) is 0 Å². The van der Waals surface area contributed by atoms with Crippen molar-refractivity contribution < 1.29 is 0 Å². The van der Waals surface area contributed by atoms with Gasteiger partial charge in [0.05, 0.1) is 0 Å². The van der Waals surface area contributed by atoms with Gasteiger partial charge in [0.15, 0.2) is 0 Å². The third-order valence-electron chi connectivity index (χ3n) is 3.97. The van der Waals surface area contributed by atoms with Crippen LogP contribution in [0.25, 0.3) is 0 Å². The van der Waals surface area contributed by atoms with Crippen LogP contribution >= 0.6 is 0 Å². The lowest BCUT2D eigenvalue weighted by Crippen LogP contribution is -2.46. The number of nitrogens with zero attached hydrogens (tertiary/aromatic N) is 2. The van der Waals surface area contributed by atoms with Crippen LogP contribution in [-0.4, -0.2) is 56.6 Å². The van der Waals surface area contributed by atoms with E-state index in [1.165, 1.54) is 25.1 Å². The number of hydrogen-bond donors (Lipinski definition) is 1. The smallest absolute Gasteiger partial charge is 0.0488 e. The molecule has 2 unspecified atom stereocenters. The number of likely N-dealkylation sites (N-methyl/N-ethyl adjacent to an activating group) is 3. The summed E-state index contributed by atoms with van der Waals surface area (Å²) in [5.74, 6) is 0. The van der Waals surface area contributed by atoms with Gasteiger partial charge in [0, 0.05) is 18.6 Å². The van der Waals surface area contributed by atoms with Crippen LogP contribution in [0.5, 0.6) is 0 Å². The molecule has 0 aliphatic carbocycles. The molecule has 0 bridgehead atoms. The lowest BCUT2D eigenvalue weighted by atomic mass is 9.98. The molecular weight excluding hydrogens is 222 g/mol. The Morgan fingerprint density at radius 2 is 1.89 bits per heavy atom. The van der Waals surface area contributed by atoms with Crippen molar-refractivity contribution in [2.75, 3.05) is 40.8 Å². The Morgan fingerprint density at radius 1 is 1.17 bits per heavy atom. The minimum Gasteiger partial charge on any atom is -0.312 e. The molecule has 3 heteroatoms. The summed E-state index contributed by atoms with van der Waals surface area (Å²) >= 11 is 0. The third kappa shape index (κ3) is 3.10. The molecule has 100 valence electrons. The van der Waals surface area contributed by atoms with Crippen molar-refractivity contribution in [3.8, 4) is 0 Å².